The number of esters is 1. The van der Waals surface area contributed by atoms with Crippen molar-refractivity contribution < 1.29 is 19.0 Å². The van der Waals surface area contributed by atoms with Crippen molar-refractivity contribution in [3.05, 3.63) is 42.5 Å². The van der Waals surface area contributed by atoms with Gasteiger partial charge in [-0.15, -0.1) is 0 Å². The Kier molecular flexibility index (Phi) is 5.94. The first-order chi connectivity index (χ1) is 8.63. The quantitative estimate of drug-likeness (QED) is 0.549. The molecule has 0 fully saturated rings. The Labute approximate surface area is 107 Å². The number of ether oxygens (including phenoxy) is 3. The van der Waals surface area contributed by atoms with Crippen LogP contribution in [0.5, 0.6) is 5.75 Å². The van der Waals surface area contributed by atoms with Crippen LogP contribution in [-0.2, 0) is 14.3 Å². The number of hydrogen-bond acceptors (Lipinski definition) is 4. The highest BCUT2D eigenvalue weighted by Crippen LogP contribution is 2.10. The second-order valence-electron chi connectivity index (χ2n) is 3.85. The molecule has 0 bridgehead atoms. The van der Waals surface area contributed by atoms with Gasteiger partial charge in [-0.25, -0.2) is 4.79 Å². The third kappa shape index (κ3) is 5.01. The van der Waals surface area contributed by atoms with Gasteiger partial charge in [-0.05, 0) is 19.1 Å². The zero-order valence-electron chi connectivity index (χ0n) is 10.7. The molecule has 1 atom stereocenters. The Morgan fingerprint density at radius 2 is 2.00 bits per heavy atom. The van der Waals surface area contributed by atoms with Crippen LogP contribution < -0.4 is 4.74 Å². The van der Waals surface area contributed by atoms with Crippen LogP contribution in [0.25, 0.3) is 0 Å². The lowest BCUT2D eigenvalue weighted by molar-refractivity contribution is -0.136. The van der Waals surface area contributed by atoms with E-state index in [1.807, 2.05) is 37.3 Å². The van der Waals surface area contributed by atoms with Crippen LogP contribution in [0.4, 0.5) is 0 Å². The molecule has 4 heteroatoms. The lowest BCUT2D eigenvalue weighted by atomic mass is 10.3. The summed E-state index contributed by atoms with van der Waals surface area (Å²) in [6, 6.07) is 9.49. The summed E-state index contributed by atoms with van der Waals surface area (Å²) < 4.78 is 15.5. The Morgan fingerprint density at radius 1 is 1.33 bits per heavy atom. The maximum Gasteiger partial charge on any atom is 0.335 e. The summed E-state index contributed by atoms with van der Waals surface area (Å²) in [5.74, 6) is 0.340. The van der Waals surface area contributed by atoms with E-state index in [2.05, 4.69) is 11.3 Å². The van der Waals surface area contributed by atoms with Gasteiger partial charge in [0.15, 0.2) is 0 Å². The Bertz CT molecular complexity index is 386. The Morgan fingerprint density at radius 3 is 2.61 bits per heavy atom. The third-order valence-corrected chi connectivity index (χ3v) is 2.18. The molecule has 0 aliphatic carbocycles. The number of rotatable bonds is 7. The van der Waals surface area contributed by atoms with Gasteiger partial charge in [0, 0.05) is 0 Å². The molecule has 0 radical (unpaired) electrons. The molecule has 0 N–H and O–H groups in total. The van der Waals surface area contributed by atoms with Crippen molar-refractivity contribution in [2.45, 2.75) is 13.0 Å². The molecule has 18 heavy (non-hydrogen) atoms. The predicted octanol–water partition coefficient (Wildman–Crippen LogP) is 2.20. The van der Waals surface area contributed by atoms with Gasteiger partial charge >= 0.3 is 5.97 Å². The van der Waals surface area contributed by atoms with Gasteiger partial charge in [0.05, 0.1) is 25.9 Å². The maximum atomic E-state index is 11.0. The average Bonchev–Trinajstić information content (AvgIpc) is 2.38. The van der Waals surface area contributed by atoms with Crippen molar-refractivity contribution in [3.63, 3.8) is 0 Å². The van der Waals surface area contributed by atoms with Crippen molar-refractivity contribution in [2.75, 3.05) is 20.3 Å². The minimum absolute atomic E-state index is 0.0992. The van der Waals surface area contributed by atoms with Crippen molar-refractivity contribution >= 4 is 5.97 Å². The van der Waals surface area contributed by atoms with Crippen LogP contribution in [0, 0.1) is 0 Å². The van der Waals surface area contributed by atoms with Crippen LogP contribution in [0.15, 0.2) is 42.5 Å². The number of hydrogen-bond donors (Lipinski definition) is 0. The third-order valence-electron chi connectivity index (χ3n) is 2.18. The van der Waals surface area contributed by atoms with E-state index >= 15 is 0 Å². The monoisotopic (exact) mass is 250 g/mol. The second kappa shape index (κ2) is 7.50. The van der Waals surface area contributed by atoms with Gasteiger partial charge in [-0.1, -0.05) is 24.8 Å². The summed E-state index contributed by atoms with van der Waals surface area (Å²) >= 11 is 0. The number of para-hydroxylation sites is 1. The Hall–Kier alpha value is -1.81. The fraction of sp³-hybridized carbons (Fsp3) is 0.357. The van der Waals surface area contributed by atoms with Crippen LogP contribution in [0.2, 0.25) is 0 Å². The lowest BCUT2D eigenvalue weighted by Crippen LogP contribution is -2.21. The van der Waals surface area contributed by atoms with E-state index in [9.17, 15) is 4.79 Å². The molecule has 0 saturated carbocycles. The van der Waals surface area contributed by atoms with Gasteiger partial charge in [0.1, 0.15) is 11.9 Å². The standard InChI is InChI=1S/C14H18O4/c1-11(14(15)16-3)9-17-10-12(2)18-13-7-5-4-6-8-13/h4-8,12H,1,9-10H2,2-3H3. The highest BCUT2D eigenvalue weighted by atomic mass is 16.5. The van der Waals surface area contributed by atoms with Crippen molar-refractivity contribution in [1.29, 1.82) is 0 Å². The largest absolute Gasteiger partial charge is 0.488 e. The maximum absolute atomic E-state index is 11.0. The molecule has 0 heterocycles. The molecule has 1 rings (SSSR count). The summed E-state index contributed by atoms with van der Waals surface area (Å²) in [5, 5.41) is 0. The molecule has 0 spiro atoms. The smallest absolute Gasteiger partial charge is 0.335 e. The number of carbonyl (C=O) groups is 1. The number of methoxy groups -OCH3 is 1. The van der Waals surface area contributed by atoms with Crippen molar-refractivity contribution in [1.82, 2.24) is 0 Å². The molecule has 1 unspecified atom stereocenters. The van der Waals surface area contributed by atoms with E-state index in [0.717, 1.165) is 5.75 Å². The minimum Gasteiger partial charge on any atom is -0.488 e. The SMILES string of the molecule is C=C(COCC(C)Oc1ccccc1)C(=O)OC. The fourth-order valence-electron chi connectivity index (χ4n) is 1.32. The molecule has 98 valence electrons. The molecule has 0 aliphatic rings. The molecular weight excluding hydrogens is 232 g/mol. The van der Waals surface area contributed by atoms with Gasteiger partial charge in [0.2, 0.25) is 0 Å². The first-order valence-electron chi connectivity index (χ1n) is 5.69. The second-order valence-corrected chi connectivity index (χ2v) is 3.85. The van der Waals surface area contributed by atoms with Crippen molar-refractivity contribution in [3.8, 4) is 5.75 Å². The molecule has 1 aromatic carbocycles. The summed E-state index contributed by atoms with van der Waals surface area (Å²) in [5.41, 5.74) is 0.296. The van der Waals surface area contributed by atoms with E-state index < -0.39 is 5.97 Å². The topological polar surface area (TPSA) is 44.8 Å². The highest BCUT2D eigenvalue weighted by Gasteiger charge is 2.08. The molecule has 0 saturated heterocycles. The van der Waals surface area contributed by atoms with Crippen LogP contribution in [-0.4, -0.2) is 32.4 Å². The number of benzene rings is 1. The molecule has 0 aliphatic heterocycles. The van der Waals surface area contributed by atoms with E-state index in [1.165, 1.54) is 7.11 Å². The van der Waals surface area contributed by atoms with Crippen LogP contribution >= 0.6 is 0 Å². The van der Waals surface area contributed by atoms with Crippen LogP contribution in [0.1, 0.15) is 6.92 Å². The first kappa shape index (κ1) is 14.3. The first-order valence-corrected chi connectivity index (χ1v) is 5.69. The summed E-state index contributed by atoms with van der Waals surface area (Å²) in [7, 11) is 1.31. The normalized spacial score (nSPS) is 11.7. The van der Waals surface area contributed by atoms with Gasteiger partial charge < -0.3 is 14.2 Å². The lowest BCUT2D eigenvalue weighted by Gasteiger charge is -2.15. The zero-order chi connectivity index (χ0) is 13.4. The zero-order valence-corrected chi connectivity index (χ0v) is 10.7. The van der Waals surface area contributed by atoms with E-state index in [0.29, 0.717) is 12.2 Å². The van der Waals surface area contributed by atoms with Gasteiger partial charge in [-0.3, -0.25) is 0 Å². The van der Waals surface area contributed by atoms with E-state index in [-0.39, 0.29) is 12.7 Å². The molecule has 0 amide bonds. The molecule has 4 nitrogen and oxygen atoms in total. The Balaban J connectivity index is 2.24. The highest BCUT2D eigenvalue weighted by molar-refractivity contribution is 5.87. The van der Waals surface area contributed by atoms with Gasteiger partial charge in [0.25, 0.3) is 0 Å². The summed E-state index contributed by atoms with van der Waals surface area (Å²) in [4.78, 5) is 11.0. The summed E-state index contributed by atoms with van der Waals surface area (Å²) in [6.45, 7) is 5.99. The van der Waals surface area contributed by atoms with Gasteiger partial charge in [-0.2, -0.15) is 0 Å². The fourth-order valence-corrected chi connectivity index (χ4v) is 1.32. The predicted molar refractivity (Wildman–Crippen MR) is 68.5 cm³/mol. The van der Waals surface area contributed by atoms with E-state index in [1.54, 1.807) is 0 Å². The van der Waals surface area contributed by atoms with E-state index in [4.69, 9.17) is 9.47 Å². The minimum atomic E-state index is -0.452. The molecule has 1 aromatic rings. The molecular formula is C14H18O4. The number of carbonyl (C=O) groups excluding carboxylic acids is 1. The van der Waals surface area contributed by atoms with Crippen LogP contribution in [0.3, 0.4) is 0 Å². The molecule has 0 aromatic heterocycles. The van der Waals surface area contributed by atoms with Crippen molar-refractivity contribution in [2.24, 2.45) is 0 Å². The summed E-state index contributed by atoms with van der Waals surface area (Å²) in [6.07, 6.45) is -0.0992. The average molecular weight is 250 g/mol.